The molecule has 6 nitrogen and oxygen atoms in total. The van der Waals surface area contributed by atoms with Crippen LogP contribution >= 0.6 is 0 Å². The summed E-state index contributed by atoms with van der Waals surface area (Å²) in [5.74, 6) is 0. The predicted molar refractivity (Wildman–Crippen MR) is 143 cm³/mol. The fraction of sp³-hybridized carbons (Fsp3) is 0. The molecule has 36 heavy (non-hydrogen) atoms. The molecular weight excluding hydrogens is 444 g/mol. The van der Waals surface area contributed by atoms with Crippen molar-refractivity contribution >= 4 is 44.6 Å². The second-order valence-electron chi connectivity index (χ2n) is 8.50. The quantitative estimate of drug-likeness (QED) is 0.305. The van der Waals surface area contributed by atoms with Crippen molar-refractivity contribution in [2.75, 3.05) is 0 Å². The Labute approximate surface area is 206 Å². The number of hydrogen-bond acceptors (Lipinski definition) is 6. The summed E-state index contributed by atoms with van der Waals surface area (Å²) in [6.07, 6.45) is 7.22. The van der Waals surface area contributed by atoms with Crippen LogP contribution in [0.1, 0.15) is 22.5 Å². The summed E-state index contributed by atoms with van der Waals surface area (Å²) in [4.78, 5) is 29.0. The average Bonchev–Trinajstić information content (AvgIpc) is 2.94. The van der Waals surface area contributed by atoms with Crippen LogP contribution in [-0.4, -0.2) is 31.4 Å². The van der Waals surface area contributed by atoms with Crippen molar-refractivity contribution in [3.63, 3.8) is 0 Å². The van der Waals surface area contributed by atoms with Crippen LogP contribution in [0.25, 0.3) is 21.8 Å². The van der Waals surface area contributed by atoms with Crippen LogP contribution in [-0.2, 0) is 0 Å². The second kappa shape index (κ2) is 8.29. The van der Waals surface area contributed by atoms with E-state index in [1.807, 2.05) is 85.2 Å². The molecule has 0 aliphatic carbocycles. The highest BCUT2D eigenvalue weighted by Crippen LogP contribution is 2.32. The smallest absolute Gasteiger partial charge is 0.115 e. The Morgan fingerprint density at radius 3 is 1.42 bits per heavy atom. The van der Waals surface area contributed by atoms with E-state index in [1.165, 1.54) is 0 Å². The minimum atomic E-state index is 0.690. The average molecular weight is 463 g/mol. The molecule has 0 radical (unpaired) electrons. The van der Waals surface area contributed by atoms with Gasteiger partial charge >= 0.3 is 0 Å². The van der Waals surface area contributed by atoms with Gasteiger partial charge in [-0.1, -0.05) is 36.4 Å². The maximum Gasteiger partial charge on any atom is 0.115 e. The molecule has 0 saturated carbocycles. The first-order valence-corrected chi connectivity index (χ1v) is 11.6. The molecule has 0 saturated heterocycles. The fourth-order valence-electron chi connectivity index (χ4n) is 4.49. The number of para-hydroxylation sites is 2. The van der Waals surface area contributed by atoms with Crippen molar-refractivity contribution in [1.82, 2.24) is 19.9 Å². The number of rotatable bonds is 2. The molecular formula is C30H18N6. The lowest BCUT2D eigenvalue weighted by atomic mass is 10.0. The highest BCUT2D eigenvalue weighted by molar-refractivity contribution is 6.21. The molecule has 6 aromatic rings. The van der Waals surface area contributed by atoms with Crippen LogP contribution in [0.4, 0.5) is 11.4 Å². The zero-order chi connectivity index (χ0) is 23.9. The number of fused-ring (bicyclic) bond motifs is 4. The standard InChI is InChI=1S/C30H18N6/c1-3-9-23-19(7-1)15-21(17-33-23)27-29-25(11-5-13-31-29)36-28(30-26(35-27)12-6-14-32-30)22-16-20-8-2-4-10-24(20)34-18-22/h1-18H/b29-27?,30-28?,35-26?,35-27-,36-25?,36-28-. The number of hydrogen-bond donors (Lipinski definition) is 0. The maximum absolute atomic E-state index is 5.11. The zero-order valence-electron chi connectivity index (χ0n) is 19.1. The van der Waals surface area contributed by atoms with Gasteiger partial charge in [0.1, 0.15) is 22.8 Å². The van der Waals surface area contributed by atoms with Crippen molar-refractivity contribution in [3.8, 4) is 0 Å². The van der Waals surface area contributed by atoms with Gasteiger partial charge in [0.25, 0.3) is 0 Å². The second-order valence-corrected chi connectivity index (χ2v) is 8.50. The molecule has 2 aromatic carbocycles. The third-order valence-corrected chi connectivity index (χ3v) is 6.21. The normalized spacial score (nSPS) is 15.7. The minimum Gasteiger partial charge on any atom is -0.256 e. The maximum atomic E-state index is 5.11. The lowest BCUT2D eigenvalue weighted by Crippen LogP contribution is -2.13. The molecule has 7 rings (SSSR count). The third kappa shape index (κ3) is 3.44. The molecule has 0 spiro atoms. The van der Waals surface area contributed by atoms with Crippen LogP contribution in [0.2, 0.25) is 0 Å². The van der Waals surface area contributed by atoms with Gasteiger partial charge in [-0.15, -0.1) is 0 Å². The fourth-order valence-corrected chi connectivity index (χ4v) is 4.49. The highest BCUT2D eigenvalue weighted by Gasteiger charge is 2.22. The lowest BCUT2D eigenvalue weighted by molar-refractivity contribution is 1.21. The number of nitrogens with zero attached hydrogens (tertiary/aromatic N) is 6. The van der Waals surface area contributed by atoms with E-state index >= 15 is 0 Å². The summed E-state index contributed by atoms with van der Waals surface area (Å²) < 4.78 is 0. The third-order valence-electron chi connectivity index (χ3n) is 6.21. The Bertz CT molecular complexity index is 1720. The first kappa shape index (κ1) is 20.3. The van der Waals surface area contributed by atoms with E-state index in [-0.39, 0.29) is 0 Å². The Hall–Kier alpha value is -5.10. The number of pyridine rings is 4. The van der Waals surface area contributed by atoms with Crippen LogP contribution in [0, 0.1) is 0 Å². The van der Waals surface area contributed by atoms with Gasteiger partial charge in [0, 0.05) is 46.7 Å². The summed E-state index contributed by atoms with van der Waals surface area (Å²) in [6, 6.07) is 27.9. The topological polar surface area (TPSA) is 76.3 Å². The molecule has 0 atom stereocenters. The van der Waals surface area contributed by atoms with E-state index in [0.717, 1.165) is 32.9 Å². The molecule has 1 aliphatic heterocycles. The first-order chi connectivity index (χ1) is 17.8. The van der Waals surface area contributed by atoms with Gasteiger partial charge < -0.3 is 0 Å². The Morgan fingerprint density at radius 2 is 0.917 bits per heavy atom. The molecule has 4 aromatic heterocycles. The SMILES string of the molecule is c1cnc2c(c1)/N=C(/c1cnc3ccccc3c1)c1ncccc1/N=C\2c1cnc2ccccc2c1. The zero-order valence-corrected chi connectivity index (χ0v) is 19.1. The largest absolute Gasteiger partial charge is 0.256 e. The van der Waals surface area contributed by atoms with Crippen LogP contribution < -0.4 is 0 Å². The Balaban J connectivity index is 1.48. The van der Waals surface area contributed by atoms with E-state index in [0.29, 0.717) is 34.2 Å². The van der Waals surface area contributed by atoms with Gasteiger partial charge in [0.15, 0.2) is 0 Å². The van der Waals surface area contributed by atoms with E-state index in [1.54, 1.807) is 12.4 Å². The summed E-state index contributed by atoms with van der Waals surface area (Å²) >= 11 is 0. The van der Waals surface area contributed by atoms with Crippen LogP contribution in [0.15, 0.2) is 120 Å². The summed E-state index contributed by atoms with van der Waals surface area (Å²) in [5, 5.41) is 2.07. The van der Waals surface area contributed by atoms with Crippen molar-refractivity contribution in [2.45, 2.75) is 0 Å². The molecule has 1 aliphatic rings. The molecule has 0 fully saturated rings. The molecule has 5 heterocycles. The number of benzene rings is 2. The van der Waals surface area contributed by atoms with E-state index in [2.05, 4.69) is 22.1 Å². The van der Waals surface area contributed by atoms with Gasteiger partial charge in [0.2, 0.25) is 0 Å². The van der Waals surface area contributed by atoms with Crippen molar-refractivity contribution in [3.05, 3.63) is 132 Å². The molecule has 168 valence electrons. The first-order valence-electron chi connectivity index (χ1n) is 11.6. The van der Waals surface area contributed by atoms with E-state index in [9.17, 15) is 0 Å². The molecule has 0 bridgehead atoms. The summed E-state index contributed by atoms with van der Waals surface area (Å²) in [6.45, 7) is 0. The van der Waals surface area contributed by atoms with E-state index < -0.39 is 0 Å². The molecule has 0 N–H and O–H groups in total. The van der Waals surface area contributed by atoms with Gasteiger partial charge in [-0.2, -0.15) is 0 Å². The van der Waals surface area contributed by atoms with Crippen molar-refractivity contribution in [1.29, 1.82) is 0 Å². The molecule has 0 amide bonds. The number of aliphatic imine (C=N–C) groups is 2. The summed E-state index contributed by atoms with van der Waals surface area (Å²) in [5.41, 5.74) is 7.82. The molecule has 6 heteroatoms. The van der Waals surface area contributed by atoms with Gasteiger partial charge in [-0.25, -0.2) is 9.98 Å². The van der Waals surface area contributed by atoms with Crippen LogP contribution in [0.3, 0.4) is 0 Å². The van der Waals surface area contributed by atoms with Crippen molar-refractivity contribution < 1.29 is 0 Å². The van der Waals surface area contributed by atoms with Gasteiger partial charge in [0.05, 0.1) is 22.4 Å². The Kier molecular flexibility index (Phi) is 4.67. The molecule has 0 unspecified atom stereocenters. The van der Waals surface area contributed by atoms with Crippen LogP contribution in [0.5, 0.6) is 0 Å². The van der Waals surface area contributed by atoms with Gasteiger partial charge in [-0.3, -0.25) is 19.9 Å². The van der Waals surface area contributed by atoms with E-state index in [4.69, 9.17) is 20.0 Å². The monoisotopic (exact) mass is 462 g/mol. The highest BCUT2D eigenvalue weighted by atomic mass is 14.9. The summed E-state index contributed by atoms with van der Waals surface area (Å²) in [7, 11) is 0. The predicted octanol–water partition coefficient (Wildman–Crippen LogP) is 6.22. The Morgan fingerprint density at radius 1 is 0.444 bits per heavy atom. The van der Waals surface area contributed by atoms with Crippen molar-refractivity contribution in [2.24, 2.45) is 9.98 Å². The lowest BCUT2D eigenvalue weighted by Gasteiger charge is -2.16. The van der Waals surface area contributed by atoms with Gasteiger partial charge in [-0.05, 0) is 48.5 Å². The number of aromatic nitrogens is 4. The minimum absolute atomic E-state index is 0.690.